The van der Waals surface area contributed by atoms with Gasteiger partial charge < -0.3 is 0 Å². The molecule has 0 unspecified atom stereocenters. The maximum Gasteiger partial charge on any atom is 0.262 e. The molecule has 1 fully saturated rings. The minimum atomic E-state index is -3.54. The van der Waals surface area contributed by atoms with Crippen molar-refractivity contribution in [3.63, 3.8) is 0 Å². The van der Waals surface area contributed by atoms with Crippen LogP contribution in [0.15, 0.2) is 46.3 Å². The molecule has 0 radical (unpaired) electrons. The van der Waals surface area contributed by atoms with Crippen LogP contribution in [0, 0.1) is 5.92 Å². The van der Waals surface area contributed by atoms with E-state index in [2.05, 4.69) is 4.98 Å². The number of fused-ring (bicyclic) bond motifs is 3. The summed E-state index contributed by atoms with van der Waals surface area (Å²) in [7, 11) is -3.54. The maximum atomic E-state index is 13.2. The second-order valence-corrected chi connectivity index (χ2v) is 11.3. The Morgan fingerprint density at radius 3 is 2.63 bits per heavy atom. The second-order valence-electron chi connectivity index (χ2n) is 8.29. The highest BCUT2D eigenvalue weighted by molar-refractivity contribution is 7.89. The Kier molecular flexibility index (Phi) is 5.24. The van der Waals surface area contributed by atoms with Crippen LogP contribution in [0.1, 0.15) is 42.5 Å². The number of hydrogen-bond donors (Lipinski definition) is 0. The zero-order valence-electron chi connectivity index (χ0n) is 16.8. The number of nitrogens with zero attached hydrogens (tertiary/aromatic N) is 3. The average molecular weight is 444 g/mol. The molecule has 1 saturated carbocycles. The van der Waals surface area contributed by atoms with Crippen LogP contribution in [0.2, 0.25) is 0 Å². The van der Waals surface area contributed by atoms with E-state index in [-0.39, 0.29) is 5.56 Å². The van der Waals surface area contributed by atoms with Gasteiger partial charge in [-0.2, -0.15) is 4.31 Å². The average Bonchev–Trinajstić information content (AvgIpc) is 3.15. The molecule has 1 aliphatic carbocycles. The van der Waals surface area contributed by atoms with E-state index in [4.69, 9.17) is 0 Å². The van der Waals surface area contributed by atoms with Crippen molar-refractivity contribution in [2.24, 2.45) is 5.92 Å². The van der Waals surface area contributed by atoms with Gasteiger partial charge in [-0.05, 0) is 42.9 Å². The highest BCUT2D eigenvalue weighted by atomic mass is 32.2. The fourth-order valence-electron chi connectivity index (χ4n) is 4.72. The van der Waals surface area contributed by atoms with E-state index in [0.717, 1.165) is 21.8 Å². The van der Waals surface area contributed by atoms with Crippen LogP contribution >= 0.6 is 11.3 Å². The van der Waals surface area contributed by atoms with Crippen LogP contribution in [0.3, 0.4) is 0 Å². The van der Waals surface area contributed by atoms with Gasteiger partial charge in [0.15, 0.2) is 0 Å². The Hall–Kier alpha value is -2.03. The van der Waals surface area contributed by atoms with Crippen LogP contribution in [0.25, 0.3) is 10.2 Å². The summed E-state index contributed by atoms with van der Waals surface area (Å²) in [5, 5.41) is 0.699. The third kappa shape index (κ3) is 3.50. The zero-order chi connectivity index (χ0) is 20.7. The molecule has 0 saturated heterocycles. The first kappa shape index (κ1) is 19.9. The molecule has 5 rings (SSSR count). The van der Waals surface area contributed by atoms with Crippen LogP contribution in [-0.2, 0) is 29.5 Å². The quantitative estimate of drug-likeness (QED) is 0.615. The molecule has 3 heterocycles. The lowest BCUT2D eigenvalue weighted by Gasteiger charge is -2.26. The minimum absolute atomic E-state index is 0.0300. The largest absolute Gasteiger partial charge is 0.298 e. The van der Waals surface area contributed by atoms with Gasteiger partial charge in [-0.25, -0.2) is 13.4 Å². The van der Waals surface area contributed by atoms with Crippen molar-refractivity contribution < 1.29 is 8.42 Å². The third-order valence-electron chi connectivity index (χ3n) is 6.35. The predicted molar refractivity (Wildman–Crippen MR) is 118 cm³/mol. The Bertz CT molecular complexity index is 1230. The Balaban J connectivity index is 1.46. The van der Waals surface area contributed by atoms with E-state index >= 15 is 0 Å². The molecule has 8 heteroatoms. The van der Waals surface area contributed by atoms with Gasteiger partial charge in [0.2, 0.25) is 10.0 Å². The summed E-state index contributed by atoms with van der Waals surface area (Å²) in [6.07, 6.45) is 8.37. The Morgan fingerprint density at radius 2 is 1.87 bits per heavy atom. The van der Waals surface area contributed by atoms with E-state index in [9.17, 15) is 13.2 Å². The monoisotopic (exact) mass is 443 g/mol. The van der Waals surface area contributed by atoms with Crippen molar-refractivity contribution in [3.05, 3.63) is 57.5 Å². The van der Waals surface area contributed by atoms with Crippen LogP contribution in [0.4, 0.5) is 0 Å². The molecule has 2 aliphatic rings. The summed E-state index contributed by atoms with van der Waals surface area (Å²) in [5.74, 6) is 0.552. The molecule has 1 aromatic carbocycles. The number of aromatic nitrogens is 2. The molecule has 0 N–H and O–H groups in total. The van der Waals surface area contributed by atoms with Gasteiger partial charge in [-0.1, -0.05) is 37.5 Å². The minimum Gasteiger partial charge on any atom is -0.298 e. The van der Waals surface area contributed by atoms with Crippen molar-refractivity contribution in [1.82, 2.24) is 13.9 Å². The van der Waals surface area contributed by atoms with E-state index in [0.29, 0.717) is 35.7 Å². The van der Waals surface area contributed by atoms with Crippen LogP contribution in [-0.4, -0.2) is 28.8 Å². The molecule has 0 atom stereocenters. The fourth-order valence-corrected chi connectivity index (χ4v) is 7.43. The van der Waals surface area contributed by atoms with E-state index in [1.54, 1.807) is 35.2 Å². The summed E-state index contributed by atoms with van der Waals surface area (Å²) in [6.45, 7) is 1.42. The zero-order valence-corrected chi connectivity index (χ0v) is 18.4. The Labute approximate surface area is 180 Å². The number of sulfonamides is 1. The first-order valence-corrected chi connectivity index (χ1v) is 12.8. The van der Waals surface area contributed by atoms with Gasteiger partial charge in [0.1, 0.15) is 4.83 Å². The molecule has 6 nitrogen and oxygen atoms in total. The molecular weight excluding hydrogens is 418 g/mol. The van der Waals surface area contributed by atoms with Gasteiger partial charge >= 0.3 is 0 Å². The molecule has 0 amide bonds. The van der Waals surface area contributed by atoms with E-state index in [1.807, 2.05) is 6.07 Å². The molecule has 3 aromatic rings. The van der Waals surface area contributed by atoms with Crippen molar-refractivity contribution >= 4 is 31.6 Å². The summed E-state index contributed by atoms with van der Waals surface area (Å²) in [6, 6.07) is 8.53. The van der Waals surface area contributed by atoms with Gasteiger partial charge in [0, 0.05) is 24.5 Å². The SMILES string of the molecule is O=c1c2c3c(sc2ncn1CC1CCCCC1)CN(S(=O)(=O)c1ccccc1)CC3. The fraction of sp³-hybridized carbons (Fsp3) is 0.455. The number of hydrogen-bond acceptors (Lipinski definition) is 5. The lowest BCUT2D eigenvalue weighted by atomic mass is 9.89. The first-order valence-electron chi connectivity index (χ1n) is 10.6. The van der Waals surface area contributed by atoms with E-state index < -0.39 is 10.0 Å². The molecule has 0 bridgehead atoms. The highest BCUT2D eigenvalue weighted by Gasteiger charge is 2.31. The van der Waals surface area contributed by atoms with Gasteiger partial charge in [0.25, 0.3) is 5.56 Å². The van der Waals surface area contributed by atoms with Gasteiger partial charge in [-0.15, -0.1) is 11.3 Å². The first-order chi connectivity index (χ1) is 14.5. The molecule has 2 aromatic heterocycles. The van der Waals surface area contributed by atoms with Crippen molar-refractivity contribution in [2.75, 3.05) is 6.54 Å². The van der Waals surface area contributed by atoms with Crippen LogP contribution in [0.5, 0.6) is 0 Å². The summed E-state index contributed by atoms with van der Waals surface area (Å²) in [4.78, 5) is 19.8. The lowest BCUT2D eigenvalue weighted by Crippen LogP contribution is -2.35. The van der Waals surface area contributed by atoms with Crippen molar-refractivity contribution in [1.29, 1.82) is 0 Å². The normalized spacial score (nSPS) is 18.5. The van der Waals surface area contributed by atoms with E-state index in [1.165, 1.54) is 47.7 Å². The number of benzene rings is 1. The summed E-state index contributed by atoms with van der Waals surface area (Å²) in [5.41, 5.74) is 1.02. The van der Waals surface area contributed by atoms with Crippen molar-refractivity contribution in [3.8, 4) is 0 Å². The Morgan fingerprint density at radius 1 is 1.10 bits per heavy atom. The maximum absolute atomic E-state index is 13.2. The smallest absolute Gasteiger partial charge is 0.262 e. The summed E-state index contributed by atoms with van der Waals surface area (Å²) >= 11 is 1.45. The van der Waals surface area contributed by atoms with Gasteiger partial charge in [-0.3, -0.25) is 9.36 Å². The van der Waals surface area contributed by atoms with Gasteiger partial charge in [0.05, 0.1) is 16.6 Å². The summed E-state index contributed by atoms with van der Waals surface area (Å²) < 4.78 is 29.3. The molecule has 30 heavy (non-hydrogen) atoms. The topological polar surface area (TPSA) is 72.3 Å². The number of rotatable bonds is 4. The van der Waals surface area contributed by atoms with Crippen LogP contribution < -0.4 is 5.56 Å². The second kappa shape index (κ2) is 7.90. The third-order valence-corrected chi connectivity index (χ3v) is 9.34. The van der Waals surface area contributed by atoms with Crippen molar-refractivity contribution in [2.45, 2.75) is 56.5 Å². The standard InChI is InChI=1S/C22H25N3O3S2/c26-22-20-18-11-12-25(30(27,28)17-9-5-2-6-10-17)14-19(18)29-21(20)23-15-24(22)13-16-7-3-1-4-8-16/h2,5-6,9-10,15-16H,1,3-4,7-8,11-14H2. The lowest BCUT2D eigenvalue weighted by molar-refractivity contribution is 0.315. The molecule has 1 aliphatic heterocycles. The number of thiophene rings is 1. The molecule has 0 spiro atoms. The predicted octanol–water partition coefficient (Wildman–Crippen LogP) is 3.79. The molecular formula is C22H25N3O3S2. The molecule has 158 valence electrons. The highest BCUT2D eigenvalue weighted by Crippen LogP contribution is 2.34.